The summed E-state index contributed by atoms with van der Waals surface area (Å²) in [5.74, 6) is 0.0798. The average molecular weight is 292 g/mol. The molecule has 1 aliphatic heterocycles. The number of aryl methyl sites for hydroxylation is 1. The molecule has 1 aliphatic rings. The van der Waals surface area contributed by atoms with Crippen LogP contribution in [0.4, 0.5) is 4.39 Å². The highest BCUT2D eigenvalue weighted by molar-refractivity contribution is 5.94. The second-order valence-corrected chi connectivity index (χ2v) is 5.89. The number of piperidine rings is 1. The molecule has 1 aromatic rings. The molecule has 0 bridgehead atoms. The quantitative estimate of drug-likeness (QED) is 0.925. The molecule has 21 heavy (non-hydrogen) atoms. The standard InChI is InChI=1S/C17H25FN2O/c1-4-13-11-20(7-6-16(13)19-5-2)17(21)14-8-12(3)9-15(18)10-14/h8-10,13,16,19H,4-7,11H2,1-3H3. The first kappa shape index (κ1) is 16.0. The first-order chi connectivity index (χ1) is 10.0. The zero-order chi connectivity index (χ0) is 15.4. The highest BCUT2D eigenvalue weighted by Gasteiger charge is 2.30. The normalized spacial score (nSPS) is 22.4. The minimum absolute atomic E-state index is 0.0500. The summed E-state index contributed by atoms with van der Waals surface area (Å²) in [4.78, 5) is 14.4. The molecule has 0 radical (unpaired) electrons. The van der Waals surface area contributed by atoms with Crippen molar-refractivity contribution in [2.45, 2.75) is 39.7 Å². The van der Waals surface area contributed by atoms with Crippen LogP contribution in [0.5, 0.6) is 0 Å². The molecule has 0 aromatic heterocycles. The number of nitrogens with zero attached hydrogens (tertiary/aromatic N) is 1. The van der Waals surface area contributed by atoms with Gasteiger partial charge in [0.05, 0.1) is 0 Å². The predicted octanol–water partition coefficient (Wildman–Crippen LogP) is 2.98. The van der Waals surface area contributed by atoms with Crippen molar-refractivity contribution >= 4 is 5.91 Å². The van der Waals surface area contributed by atoms with Gasteiger partial charge >= 0.3 is 0 Å². The van der Waals surface area contributed by atoms with E-state index in [2.05, 4.69) is 19.2 Å². The molecule has 1 saturated heterocycles. The van der Waals surface area contributed by atoms with Crippen LogP contribution in [-0.2, 0) is 0 Å². The lowest BCUT2D eigenvalue weighted by Crippen LogP contribution is -2.50. The van der Waals surface area contributed by atoms with Crippen LogP contribution in [0.1, 0.15) is 42.6 Å². The van der Waals surface area contributed by atoms with Crippen LogP contribution in [0.15, 0.2) is 18.2 Å². The number of hydrogen-bond donors (Lipinski definition) is 1. The summed E-state index contributed by atoms with van der Waals surface area (Å²) in [7, 11) is 0. The van der Waals surface area contributed by atoms with Gasteiger partial charge in [0.2, 0.25) is 0 Å². The van der Waals surface area contributed by atoms with E-state index in [1.165, 1.54) is 12.1 Å². The van der Waals surface area contributed by atoms with Gasteiger partial charge in [0, 0.05) is 24.7 Å². The second-order valence-electron chi connectivity index (χ2n) is 5.89. The van der Waals surface area contributed by atoms with Gasteiger partial charge in [0.15, 0.2) is 0 Å². The van der Waals surface area contributed by atoms with Gasteiger partial charge in [-0.1, -0.05) is 20.3 Å². The van der Waals surface area contributed by atoms with Crippen molar-refractivity contribution in [2.24, 2.45) is 5.92 Å². The van der Waals surface area contributed by atoms with E-state index in [1.54, 1.807) is 6.07 Å². The zero-order valence-electron chi connectivity index (χ0n) is 13.2. The van der Waals surface area contributed by atoms with E-state index in [0.717, 1.165) is 38.0 Å². The van der Waals surface area contributed by atoms with Crippen molar-refractivity contribution in [3.8, 4) is 0 Å². The Balaban J connectivity index is 2.10. The maximum absolute atomic E-state index is 13.5. The van der Waals surface area contributed by atoms with Gasteiger partial charge in [-0.05, 0) is 49.6 Å². The summed E-state index contributed by atoms with van der Waals surface area (Å²) < 4.78 is 13.5. The van der Waals surface area contributed by atoms with Gasteiger partial charge in [0.25, 0.3) is 5.91 Å². The maximum Gasteiger partial charge on any atom is 0.253 e. The van der Waals surface area contributed by atoms with E-state index in [0.29, 0.717) is 17.5 Å². The number of amides is 1. The maximum atomic E-state index is 13.5. The number of likely N-dealkylation sites (tertiary alicyclic amines) is 1. The van der Waals surface area contributed by atoms with Crippen molar-refractivity contribution < 1.29 is 9.18 Å². The Labute approximate surface area is 126 Å². The molecule has 3 nitrogen and oxygen atoms in total. The van der Waals surface area contributed by atoms with E-state index in [9.17, 15) is 9.18 Å². The minimum Gasteiger partial charge on any atom is -0.338 e. The third-order valence-corrected chi connectivity index (χ3v) is 4.30. The summed E-state index contributed by atoms with van der Waals surface area (Å²) >= 11 is 0. The molecule has 2 unspecified atom stereocenters. The molecule has 1 amide bonds. The Morgan fingerprint density at radius 2 is 2.14 bits per heavy atom. The molecule has 1 aromatic carbocycles. The highest BCUT2D eigenvalue weighted by atomic mass is 19.1. The van der Waals surface area contributed by atoms with Crippen LogP contribution < -0.4 is 5.32 Å². The van der Waals surface area contributed by atoms with E-state index in [-0.39, 0.29) is 11.7 Å². The molecule has 116 valence electrons. The fraction of sp³-hybridized carbons (Fsp3) is 0.588. The molecule has 0 aliphatic carbocycles. The van der Waals surface area contributed by atoms with Crippen molar-refractivity contribution in [1.82, 2.24) is 10.2 Å². The SMILES string of the molecule is CCNC1CCN(C(=O)c2cc(C)cc(F)c2)CC1CC. The Morgan fingerprint density at radius 1 is 1.38 bits per heavy atom. The largest absolute Gasteiger partial charge is 0.338 e. The summed E-state index contributed by atoms with van der Waals surface area (Å²) in [5, 5.41) is 3.50. The zero-order valence-corrected chi connectivity index (χ0v) is 13.2. The second kappa shape index (κ2) is 7.03. The van der Waals surface area contributed by atoms with Crippen LogP contribution in [0.3, 0.4) is 0 Å². The first-order valence-electron chi connectivity index (χ1n) is 7.85. The first-order valence-corrected chi connectivity index (χ1v) is 7.85. The number of benzene rings is 1. The monoisotopic (exact) mass is 292 g/mol. The van der Waals surface area contributed by atoms with Crippen LogP contribution >= 0.6 is 0 Å². The van der Waals surface area contributed by atoms with Gasteiger partial charge in [-0.15, -0.1) is 0 Å². The number of carbonyl (C=O) groups is 1. The van der Waals surface area contributed by atoms with E-state index >= 15 is 0 Å². The van der Waals surface area contributed by atoms with Crippen LogP contribution in [0.2, 0.25) is 0 Å². The fourth-order valence-corrected chi connectivity index (χ4v) is 3.20. The third kappa shape index (κ3) is 3.82. The molecule has 2 rings (SSSR count). The van der Waals surface area contributed by atoms with Gasteiger partial charge < -0.3 is 10.2 Å². The fourth-order valence-electron chi connectivity index (χ4n) is 3.20. The van der Waals surface area contributed by atoms with E-state index in [4.69, 9.17) is 0 Å². The molecule has 1 N–H and O–H groups in total. The number of carbonyl (C=O) groups excluding carboxylic acids is 1. The predicted molar refractivity (Wildman–Crippen MR) is 82.9 cm³/mol. The lowest BCUT2D eigenvalue weighted by Gasteiger charge is -2.38. The highest BCUT2D eigenvalue weighted by Crippen LogP contribution is 2.22. The molecule has 1 heterocycles. The summed E-state index contributed by atoms with van der Waals surface area (Å²) in [6.07, 6.45) is 2.01. The Morgan fingerprint density at radius 3 is 2.76 bits per heavy atom. The molecule has 0 spiro atoms. The average Bonchev–Trinajstić information content (AvgIpc) is 2.46. The van der Waals surface area contributed by atoms with Crippen LogP contribution in [0.25, 0.3) is 0 Å². The number of rotatable bonds is 4. The number of halogens is 1. The number of hydrogen-bond acceptors (Lipinski definition) is 2. The van der Waals surface area contributed by atoms with Crippen molar-refractivity contribution in [3.05, 3.63) is 35.1 Å². The van der Waals surface area contributed by atoms with Crippen LogP contribution in [0, 0.1) is 18.7 Å². The minimum atomic E-state index is -0.340. The topological polar surface area (TPSA) is 32.3 Å². The van der Waals surface area contributed by atoms with Crippen LogP contribution in [-0.4, -0.2) is 36.5 Å². The Kier molecular flexibility index (Phi) is 5.34. The summed E-state index contributed by atoms with van der Waals surface area (Å²) in [6, 6.07) is 5.04. The smallest absolute Gasteiger partial charge is 0.253 e. The molecule has 2 atom stereocenters. The molecular formula is C17H25FN2O. The summed E-state index contributed by atoms with van der Waals surface area (Å²) in [6.45, 7) is 8.53. The van der Waals surface area contributed by atoms with Gasteiger partial charge in [-0.25, -0.2) is 4.39 Å². The lowest BCUT2D eigenvalue weighted by atomic mass is 9.89. The van der Waals surface area contributed by atoms with Crippen molar-refractivity contribution in [2.75, 3.05) is 19.6 Å². The molecular weight excluding hydrogens is 267 g/mol. The van der Waals surface area contributed by atoms with Gasteiger partial charge in [0.1, 0.15) is 5.82 Å². The Hall–Kier alpha value is -1.42. The Bertz CT molecular complexity index is 483. The molecule has 4 heteroatoms. The van der Waals surface area contributed by atoms with Crippen molar-refractivity contribution in [3.63, 3.8) is 0 Å². The van der Waals surface area contributed by atoms with E-state index in [1.807, 2.05) is 11.8 Å². The van der Waals surface area contributed by atoms with Gasteiger partial charge in [-0.2, -0.15) is 0 Å². The third-order valence-electron chi connectivity index (χ3n) is 4.30. The van der Waals surface area contributed by atoms with E-state index < -0.39 is 0 Å². The molecule has 1 fully saturated rings. The lowest BCUT2D eigenvalue weighted by molar-refractivity contribution is 0.0627. The van der Waals surface area contributed by atoms with Gasteiger partial charge in [-0.3, -0.25) is 4.79 Å². The molecule has 0 saturated carbocycles. The van der Waals surface area contributed by atoms with Crippen molar-refractivity contribution in [1.29, 1.82) is 0 Å². The number of nitrogens with one attached hydrogen (secondary N) is 1. The summed E-state index contributed by atoms with van der Waals surface area (Å²) in [5.41, 5.74) is 1.25.